The van der Waals surface area contributed by atoms with Crippen LogP contribution in [0.25, 0.3) is 0 Å². The average molecular weight is 467 g/mol. The second-order valence-corrected chi connectivity index (χ2v) is 9.29. The van der Waals surface area contributed by atoms with E-state index < -0.39 is 0 Å². The summed E-state index contributed by atoms with van der Waals surface area (Å²) >= 11 is 2.81. The van der Waals surface area contributed by atoms with Crippen molar-refractivity contribution in [3.63, 3.8) is 0 Å². The molecule has 0 spiro atoms. The third-order valence-electron chi connectivity index (χ3n) is 4.75. The lowest BCUT2D eigenvalue weighted by molar-refractivity contribution is -0.114. The van der Waals surface area contributed by atoms with E-state index in [1.165, 1.54) is 18.7 Å². The topological polar surface area (TPSA) is 93.1 Å². The van der Waals surface area contributed by atoms with Gasteiger partial charge in [0.25, 0.3) is 5.56 Å². The van der Waals surface area contributed by atoms with Crippen molar-refractivity contribution in [2.45, 2.75) is 29.9 Å². The Labute approximate surface area is 194 Å². The van der Waals surface area contributed by atoms with Gasteiger partial charge in [0.1, 0.15) is 0 Å². The number of hydrogen-bond acceptors (Lipinski definition) is 6. The molecule has 1 aliphatic heterocycles. The Hall–Kier alpha value is -3.04. The van der Waals surface area contributed by atoms with E-state index in [1.807, 2.05) is 30.3 Å². The number of amides is 2. The minimum atomic E-state index is -0.197. The van der Waals surface area contributed by atoms with Crippen LogP contribution in [0.2, 0.25) is 0 Å². The van der Waals surface area contributed by atoms with Crippen LogP contribution in [-0.2, 0) is 22.6 Å². The van der Waals surface area contributed by atoms with E-state index >= 15 is 0 Å². The highest BCUT2D eigenvalue weighted by Crippen LogP contribution is 2.29. The molecule has 2 heterocycles. The molecule has 0 aliphatic carbocycles. The third kappa shape index (κ3) is 5.41. The number of rotatable bonds is 7. The number of nitrogens with zero attached hydrogens (tertiary/aromatic N) is 2. The lowest BCUT2D eigenvalue weighted by atomic mass is 10.2. The van der Waals surface area contributed by atoms with Gasteiger partial charge in [-0.1, -0.05) is 42.1 Å². The van der Waals surface area contributed by atoms with Crippen LogP contribution in [0, 0.1) is 0 Å². The van der Waals surface area contributed by atoms with E-state index in [0.717, 1.165) is 23.4 Å². The first-order valence-corrected chi connectivity index (χ1v) is 12.1. The number of carbonyl (C=O) groups is 2. The van der Waals surface area contributed by atoms with Gasteiger partial charge in [0.15, 0.2) is 5.16 Å². The average Bonchev–Trinajstić information content (AvgIpc) is 3.25. The van der Waals surface area contributed by atoms with Crippen molar-refractivity contribution >= 4 is 46.7 Å². The van der Waals surface area contributed by atoms with Crippen molar-refractivity contribution in [2.24, 2.45) is 0 Å². The van der Waals surface area contributed by atoms with Crippen molar-refractivity contribution in [3.8, 4) is 0 Å². The summed E-state index contributed by atoms with van der Waals surface area (Å²) in [6.45, 7) is 1.85. The van der Waals surface area contributed by atoms with Crippen molar-refractivity contribution < 1.29 is 9.59 Å². The number of carbonyl (C=O) groups excluding carboxylic acids is 2. The Morgan fingerprint density at radius 1 is 1.06 bits per heavy atom. The molecule has 2 aromatic carbocycles. The zero-order valence-corrected chi connectivity index (χ0v) is 19.1. The molecule has 1 aromatic heterocycles. The SMILES string of the molecule is CC(=O)Nc1ccc(NC(=O)CSc2nc3c(c(=O)n2Cc2ccccc2)SCC3)cc1. The first-order chi connectivity index (χ1) is 15.5. The molecule has 0 saturated carbocycles. The number of hydrogen-bond donors (Lipinski definition) is 2. The van der Waals surface area contributed by atoms with Gasteiger partial charge in [-0.15, -0.1) is 11.8 Å². The van der Waals surface area contributed by atoms with Gasteiger partial charge in [0.05, 0.1) is 22.9 Å². The van der Waals surface area contributed by atoms with Gasteiger partial charge in [0.2, 0.25) is 11.8 Å². The van der Waals surface area contributed by atoms with E-state index in [2.05, 4.69) is 10.6 Å². The van der Waals surface area contributed by atoms with Gasteiger partial charge < -0.3 is 10.6 Å². The summed E-state index contributed by atoms with van der Waals surface area (Å²) in [5.74, 6) is 0.629. The molecule has 0 bridgehead atoms. The number of nitrogens with one attached hydrogen (secondary N) is 2. The van der Waals surface area contributed by atoms with E-state index in [-0.39, 0.29) is 23.1 Å². The van der Waals surface area contributed by atoms with Gasteiger partial charge >= 0.3 is 0 Å². The molecule has 4 rings (SSSR count). The van der Waals surface area contributed by atoms with Crippen molar-refractivity contribution in [1.82, 2.24) is 9.55 Å². The fourth-order valence-corrected chi connectivity index (χ4v) is 5.16. The van der Waals surface area contributed by atoms with Crippen molar-refractivity contribution in [3.05, 3.63) is 76.2 Å². The summed E-state index contributed by atoms with van der Waals surface area (Å²) < 4.78 is 1.66. The quantitative estimate of drug-likeness (QED) is 0.408. The summed E-state index contributed by atoms with van der Waals surface area (Å²) in [5, 5.41) is 6.07. The normalized spacial score (nSPS) is 12.3. The Morgan fingerprint density at radius 2 is 1.75 bits per heavy atom. The Morgan fingerprint density at radius 3 is 2.44 bits per heavy atom. The molecule has 2 amide bonds. The molecule has 164 valence electrons. The Balaban J connectivity index is 1.47. The largest absolute Gasteiger partial charge is 0.326 e. The molecule has 2 N–H and O–H groups in total. The second-order valence-electron chi connectivity index (χ2n) is 7.24. The maximum atomic E-state index is 13.1. The van der Waals surface area contributed by atoms with E-state index in [4.69, 9.17) is 4.98 Å². The maximum absolute atomic E-state index is 13.1. The van der Waals surface area contributed by atoms with Crippen LogP contribution in [0.15, 0.2) is 69.4 Å². The van der Waals surface area contributed by atoms with Crippen LogP contribution in [-0.4, -0.2) is 32.9 Å². The highest BCUT2D eigenvalue weighted by atomic mass is 32.2. The summed E-state index contributed by atoms with van der Waals surface area (Å²) in [6.07, 6.45) is 0.766. The first kappa shape index (κ1) is 22.2. The number of aromatic nitrogens is 2. The molecule has 0 fully saturated rings. The fraction of sp³-hybridized carbons (Fsp3) is 0.217. The van der Waals surface area contributed by atoms with Crippen LogP contribution >= 0.6 is 23.5 Å². The molecule has 32 heavy (non-hydrogen) atoms. The summed E-state index contributed by atoms with van der Waals surface area (Å²) in [5.41, 5.74) is 3.07. The number of thioether (sulfide) groups is 2. The molecule has 0 saturated heterocycles. The summed E-state index contributed by atoms with van der Waals surface area (Å²) in [7, 11) is 0. The lowest BCUT2D eigenvalue weighted by Gasteiger charge is -2.14. The first-order valence-electron chi connectivity index (χ1n) is 10.1. The van der Waals surface area contributed by atoms with Gasteiger partial charge in [-0.05, 0) is 29.8 Å². The molecular formula is C23H22N4O3S2. The fourth-order valence-electron chi connectivity index (χ4n) is 3.31. The minimum absolute atomic E-state index is 0.0437. The number of benzene rings is 2. The predicted molar refractivity (Wildman–Crippen MR) is 129 cm³/mol. The monoisotopic (exact) mass is 466 g/mol. The highest BCUT2D eigenvalue weighted by molar-refractivity contribution is 8.00. The van der Waals surface area contributed by atoms with Crippen molar-refractivity contribution in [1.29, 1.82) is 0 Å². The Kier molecular flexibility index (Phi) is 6.96. The number of anilines is 2. The molecular weight excluding hydrogens is 444 g/mol. The van der Waals surface area contributed by atoms with Gasteiger partial charge in [-0.25, -0.2) is 4.98 Å². The standard InChI is InChI=1S/C23H22N4O3S2/c1-15(28)24-17-7-9-18(10-8-17)25-20(29)14-32-23-26-19-11-12-31-21(19)22(30)27(23)13-16-5-3-2-4-6-16/h2-10H,11-14H2,1H3,(H,24,28)(H,25,29). The van der Waals surface area contributed by atoms with Gasteiger partial charge in [-0.3, -0.25) is 19.0 Å². The van der Waals surface area contributed by atoms with Crippen LogP contribution in [0.4, 0.5) is 11.4 Å². The number of fused-ring (bicyclic) bond motifs is 1. The van der Waals surface area contributed by atoms with E-state index in [0.29, 0.717) is 28.0 Å². The molecule has 0 radical (unpaired) electrons. The maximum Gasteiger partial charge on any atom is 0.268 e. The molecule has 7 nitrogen and oxygen atoms in total. The van der Waals surface area contributed by atoms with E-state index in [9.17, 15) is 14.4 Å². The Bertz CT molecular complexity index is 1190. The van der Waals surface area contributed by atoms with Crippen LogP contribution in [0.5, 0.6) is 0 Å². The molecule has 0 unspecified atom stereocenters. The molecule has 9 heteroatoms. The second kappa shape index (κ2) is 10.1. The molecule has 3 aromatic rings. The highest BCUT2D eigenvalue weighted by Gasteiger charge is 2.22. The minimum Gasteiger partial charge on any atom is -0.326 e. The summed E-state index contributed by atoms with van der Waals surface area (Å²) in [4.78, 5) is 42.2. The van der Waals surface area contributed by atoms with E-state index in [1.54, 1.807) is 40.6 Å². The van der Waals surface area contributed by atoms with Gasteiger partial charge in [0, 0.05) is 30.5 Å². The van der Waals surface area contributed by atoms with Crippen molar-refractivity contribution in [2.75, 3.05) is 22.1 Å². The zero-order chi connectivity index (χ0) is 22.5. The zero-order valence-electron chi connectivity index (χ0n) is 17.5. The van der Waals surface area contributed by atoms with Gasteiger partial charge in [-0.2, -0.15) is 0 Å². The third-order valence-corrected chi connectivity index (χ3v) is 6.84. The number of aryl methyl sites for hydroxylation is 1. The smallest absolute Gasteiger partial charge is 0.268 e. The van der Waals surface area contributed by atoms with Crippen LogP contribution < -0.4 is 16.2 Å². The van der Waals surface area contributed by atoms with Crippen LogP contribution in [0.3, 0.4) is 0 Å². The lowest BCUT2D eigenvalue weighted by Crippen LogP contribution is -2.26. The summed E-state index contributed by atoms with van der Waals surface area (Å²) in [6, 6.07) is 16.7. The predicted octanol–water partition coefficient (Wildman–Crippen LogP) is 3.63. The van der Waals surface area contributed by atoms with Crippen LogP contribution in [0.1, 0.15) is 18.2 Å². The molecule has 1 aliphatic rings. The molecule has 0 atom stereocenters.